The monoisotopic (exact) mass is 556 g/mol. The normalized spacial score (nSPS) is 15.5. The summed E-state index contributed by atoms with van der Waals surface area (Å²) < 4.78 is 19.3. The molecule has 35 heavy (non-hydrogen) atoms. The average Bonchev–Trinajstić information content (AvgIpc) is 3.14. The van der Waals surface area contributed by atoms with Crippen LogP contribution in [0.4, 0.5) is 0 Å². The van der Waals surface area contributed by atoms with Crippen LogP contribution in [0.25, 0.3) is 6.08 Å². The zero-order chi connectivity index (χ0) is 25.3. The molecule has 2 heterocycles. The van der Waals surface area contributed by atoms with E-state index in [0.717, 1.165) is 15.6 Å². The van der Waals surface area contributed by atoms with Crippen LogP contribution in [0.15, 0.2) is 61.9 Å². The molecule has 7 nitrogen and oxygen atoms in total. The first-order chi connectivity index (χ1) is 16.8. The first-order valence-electron chi connectivity index (χ1n) is 11.0. The average molecular weight is 557 g/mol. The number of aryl methyl sites for hydroxylation is 1. The Labute approximate surface area is 215 Å². The van der Waals surface area contributed by atoms with E-state index in [4.69, 9.17) is 14.2 Å². The molecule has 0 fully saturated rings. The molecule has 0 amide bonds. The Morgan fingerprint density at radius 1 is 1.17 bits per heavy atom. The second-order valence-electron chi connectivity index (χ2n) is 7.92. The Balaban J connectivity index is 1.99. The number of rotatable bonds is 6. The maximum absolute atomic E-state index is 13.7. The van der Waals surface area contributed by atoms with Crippen molar-refractivity contribution in [3.63, 3.8) is 0 Å². The number of allylic oxidation sites excluding steroid dienone is 1. The van der Waals surface area contributed by atoms with Gasteiger partial charge in [-0.15, -0.1) is 0 Å². The van der Waals surface area contributed by atoms with E-state index < -0.39 is 12.0 Å². The molecule has 1 aliphatic heterocycles. The third-order valence-corrected chi connectivity index (χ3v) is 7.58. The van der Waals surface area contributed by atoms with Gasteiger partial charge in [-0.05, 0) is 56.2 Å². The summed E-state index contributed by atoms with van der Waals surface area (Å²) in [4.78, 5) is 31.9. The molecule has 1 atom stereocenters. The third kappa shape index (κ3) is 4.70. The quantitative estimate of drug-likeness (QED) is 0.430. The van der Waals surface area contributed by atoms with Crippen molar-refractivity contribution in [3.05, 3.63) is 88.5 Å². The first-order valence-corrected chi connectivity index (χ1v) is 12.6. The molecular formula is C26H25BrN2O5S. The van der Waals surface area contributed by atoms with Crippen molar-refractivity contribution in [2.75, 3.05) is 20.8 Å². The first kappa shape index (κ1) is 24.9. The summed E-state index contributed by atoms with van der Waals surface area (Å²) in [6.07, 6.45) is 1.83. The van der Waals surface area contributed by atoms with Gasteiger partial charge >= 0.3 is 5.97 Å². The number of halogens is 1. The van der Waals surface area contributed by atoms with E-state index in [0.29, 0.717) is 37.7 Å². The second-order valence-corrected chi connectivity index (χ2v) is 9.78. The summed E-state index contributed by atoms with van der Waals surface area (Å²) in [6, 6.07) is 10.4. The van der Waals surface area contributed by atoms with Crippen LogP contribution in [0.2, 0.25) is 0 Å². The molecule has 1 aromatic heterocycles. The van der Waals surface area contributed by atoms with Gasteiger partial charge in [0.2, 0.25) is 0 Å². The minimum atomic E-state index is -0.766. The van der Waals surface area contributed by atoms with E-state index in [1.807, 2.05) is 31.2 Å². The summed E-state index contributed by atoms with van der Waals surface area (Å²) in [5.41, 5.74) is 3.17. The van der Waals surface area contributed by atoms with Crippen molar-refractivity contribution in [1.29, 1.82) is 0 Å². The molecule has 0 unspecified atom stereocenters. The van der Waals surface area contributed by atoms with E-state index in [2.05, 4.69) is 20.9 Å². The number of ether oxygens (including phenoxy) is 3. The Morgan fingerprint density at radius 2 is 1.94 bits per heavy atom. The predicted octanol–water partition coefficient (Wildman–Crippen LogP) is 3.89. The maximum Gasteiger partial charge on any atom is 0.338 e. The Hall–Kier alpha value is -3.17. The van der Waals surface area contributed by atoms with E-state index in [1.165, 1.54) is 18.4 Å². The van der Waals surface area contributed by atoms with E-state index in [-0.39, 0.29) is 12.2 Å². The molecule has 3 aromatic rings. The van der Waals surface area contributed by atoms with Crippen LogP contribution in [0.3, 0.4) is 0 Å². The number of esters is 1. The number of carbonyl (C=O) groups is 1. The lowest BCUT2D eigenvalue weighted by Gasteiger charge is -2.26. The molecule has 0 radical (unpaired) electrons. The van der Waals surface area contributed by atoms with Gasteiger partial charge in [0, 0.05) is 16.1 Å². The predicted molar refractivity (Wildman–Crippen MR) is 139 cm³/mol. The standard InChI is InChI=1S/C26H25BrN2O5S/c1-6-34-25(31)22-15(3)28-26-29(23(22)18-10-9-17(32-4)13-20(18)33-5)24(30)21(35-26)12-16-8-7-14(2)19(27)11-16/h7-13,23H,6H2,1-5H3/b21-12-/t23-/m0/s1. The maximum atomic E-state index is 13.7. The van der Waals surface area contributed by atoms with Crippen LogP contribution >= 0.6 is 27.3 Å². The van der Waals surface area contributed by atoms with Crippen LogP contribution in [-0.4, -0.2) is 31.4 Å². The van der Waals surface area contributed by atoms with Gasteiger partial charge in [0.25, 0.3) is 5.56 Å². The SMILES string of the molecule is CCOC(=O)C1=C(C)N=c2s/c(=C\c3ccc(C)c(Br)c3)c(=O)n2[C@H]1c1ccc(OC)cc1OC. The molecule has 0 saturated heterocycles. The van der Waals surface area contributed by atoms with Gasteiger partial charge in [0.05, 0.1) is 36.6 Å². The number of fused-ring (bicyclic) bond motifs is 1. The van der Waals surface area contributed by atoms with Crippen molar-refractivity contribution in [3.8, 4) is 11.5 Å². The molecule has 9 heteroatoms. The number of hydrogen-bond acceptors (Lipinski definition) is 7. The molecule has 4 rings (SSSR count). The van der Waals surface area contributed by atoms with Crippen molar-refractivity contribution in [2.24, 2.45) is 4.99 Å². The fourth-order valence-electron chi connectivity index (χ4n) is 3.98. The zero-order valence-electron chi connectivity index (χ0n) is 20.0. The molecule has 0 saturated carbocycles. The summed E-state index contributed by atoms with van der Waals surface area (Å²) in [5, 5.41) is 0. The van der Waals surface area contributed by atoms with Crippen LogP contribution in [0, 0.1) is 6.92 Å². The van der Waals surface area contributed by atoms with Gasteiger partial charge in [-0.2, -0.15) is 0 Å². The van der Waals surface area contributed by atoms with Gasteiger partial charge < -0.3 is 14.2 Å². The van der Waals surface area contributed by atoms with E-state index in [9.17, 15) is 9.59 Å². The largest absolute Gasteiger partial charge is 0.497 e. The lowest BCUT2D eigenvalue weighted by Crippen LogP contribution is -2.40. The summed E-state index contributed by atoms with van der Waals surface area (Å²) in [5.74, 6) is 0.567. The highest BCUT2D eigenvalue weighted by molar-refractivity contribution is 9.10. The number of benzene rings is 2. The summed E-state index contributed by atoms with van der Waals surface area (Å²) in [7, 11) is 3.10. The topological polar surface area (TPSA) is 79.1 Å². The number of carbonyl (C=O) groups excluding carboxylic acids is 1. The number of thiazole rings is 1. The molecule has 0 aliphatic carbocycles. The lowest BCUT2D eigenvalue weighted by atomic mass is 9.95. The third-order valence-electron chi connectivity index (χ3n) is 5.75. The molecule has 0 bridgehead atoms. The van der Waals surface area contributed by atoms with Crippen molar-refractivity contribution in [2.45, 2.75) is 26.8 Å². The molecule has 2 aromatic carbocycles. The van der Waals surface area contributed by atoms with Gasteiger partial charge in [0.15, 0.2) is 4.80 Å². The fourth-order valence-corrected chi connectivity index (χ4v) is 5.42. The van der Waals surface area contributed by atoms with Gasteiger partial charge in [-0.1, -0.05) is 39.4 Å². The summed E-state index contributed by atoms with van der Waals surface area (Å²) in [6.45, 7) is 5.70. The highest BCUT2D eigenvalue weighted by Gasteiger charge is 2.35. The minimum Gasteiger partial charge on any atom is -0.497 e. The van der Waals surface area contributed by atoms with Crippen LogP contribution in [0.1, 0.15) is 36.6 Å². The van der Waals surface area contributed by atoms with Crippen molar-refractivity contribution in [1.82, 2.24) is 4.57 Å². The molecule has 1 aliphatic rings. The number of hydrogen-bond donors (Lipinski definition) is 0. The van der Waals surface area contributed by atoms with Crippen LogP contribution < -0.4 is 24.4 Å². The van der Waals surface area contributed by atoms with Gasteiger partial charge in [-0.3, -0.25) is 9.36 Å². The molecule has 182 valence electrons. The summed E-state index contributed by atoms with van der Waals surface area (Å²) >= 11 is 4.83. The molecule has 0 spiro atoms. The Kier molecular flexibility index (Phi) is 7.28. The van der Waals surface area contributed by atoms with E-state index in [1.54, 1.807) is 43.7 Å². The van der Waals surface area contributed by atoms with E-state index >= 15 is 0 Å². The molecular weight excluding hydrogens is 532 g/mol. The van der Waals surface area contributed by atoms with Gasteiger partial charge in [0.1, 0.15) is 17.5 Å². The van der Waals surface area contributed by atoms with Crippen LogP contribution in [-0.2, 0) is 9.53 Å². The number of nitrogens with zero attached hydrogens (tertiary/aromatic N) is 2. The van der Waals surface area contributed by atoms with Crippen LogP contribution in [0.5, 0.6) is 11.5 Å². The lowest BCUT2D eigenvalue weighted by molar-refractivity contribution is -0.139. The van der Waals surface area contributed by atoms with Gasteiger partial charge in [-0.25, -0.2) is 9.79 Å². The Bertz CT molecular complexity index is 1520. The smallest absolute Gasteiger partial charge is 0.338 e. The van der Waals surface area contributed by atoms with Crippen molar-refractivity contribution < 1.29 is 19.0 Å². The molecule has 0 N–H and O–H groups in total. The number of aromatic nitrogens is 1. The second kappa shape index (κ2) is 10.2. The highest BCUT2D eigenvalue weighted by Crippen LogP contribution is 2.37. The number of methoxy groups -OCH3 is 2. The Morgan fingerprint density at radius 3 is 2.60 bits per heavy atom. The van der Waals surface area contributed by atoms with Crippen molar-refractivity contribution >= 4 is 39.3 Å². The highest BCUT2D eigenvalue weighted by atomic mass is 79.9. The fraction of sp³-hybridized carbons (Fsp3) is 0.269. The zero-order valence-corrected chi connectivity index (χ0v) is 22.5. The minimum absolute atomic E-state index is 0.203.